The van der Waals surface area contributed by atoms with Crippen molar-refractivity contribution in [1.29, 1.82) is 0 Å². The highest BCUT2D eigenvalue weighted by atomic mass is 35.5. The van der Waals surface area contributed by atoms with E-state index in [1.807, 2.05) is 13.8 Å². The maximum absolute atomic E-state index is 10.6. The molecule has 0 aliphatic rings. The van der Waals surface area contributed by atoms with Crippen molar-refractivity contribution in [2.45, 2.75) is 19.8 Å². The van der Waals surface area contributed by atoms with E-state index >= 15 is 0 Å². The summed E-state index contributed by atoms with van der Waals surface area (Å²) in [5.41, 5.74) is 0.643. The molecule has 1 rings (SSSR count). The molecule has 4 nitrogen and oxygen atoms in total. The standard InChI is InChI=1S/C8H9ClN2O2/c1-5(2)6-3-8(9)10-4-7(6)11(12)13/h3-5H,1-2H3. The Bertz CT molecular complexity index is 339. The molecule has 0 aromatic carbocycles. The summed E-state index contributed by atoms with van der Waals surface area (Å²) in [6, 6.07) is 1.53. The maximum atomic E-state index is 10.6. The third kappa shape index (κ3) is 2.15. The average Bonchev–Trinajstić information content (AvgIpc) is 2.03. The minimum atomic E-state index is -0.446. The predicted octanol–water partition coefficient (Wildman–Crippen LogP) is 2.77. The first-order valence-electron chi connectivity index (χ1n) is 3.82. The lowest BCUT2D eigenvalue weighted by atomic mass is 10.0. The summed E-state index contributed by atoms with van der Waals surface area (Å²) in [5, 5.41) is 10.8. The van der Waals surface area contributed by atoms with Crippen LogP contribution in [0.5, 0.6) is 0 Å². The molecular weight excluding hydrogens is 192 g/mol. The molecule has 13 heavy (non-hydrogen) atoms. The zero-order chi connectivity index (χ0) is 10.0. The van der Waals surface area contributed by atoms with E-state index in [4.69, 9.17) is 11.6 Å². The van der Waals surface area contributed by atoms with Gasteiger partial charge in [0, 0.05) is 5.56 Å². The first-order chi connectivity index (χ1) is 6.02. The highest BCUT2D eigenvalue weighted by Gasteiger charge is 2.16. The van der Waals surface area contributed by atoms with Crippen LogP contribution in [0.3, 0.4) is 0 Å². The first-order valence-corrected chi connectivity index (χ1v) is 4.20. The molecule has 0 unspecified atom stereocenters. The van der Waals surface area contributed by atoms with Gasteiger partial charge < -0.3 is 0 Å². The number of halogens is 1. The Balaban J connectivity index is 3.26. The molecule has 0 aliphatic heterocycles. The van der Waals surface area contributed by atoms with Gasteiger partial charge >= 0.3 is 0 Å². The van der Waals surface area contributed by atoms with Crippen LogP contribution in [0.25, 0.3) is 0 Å². The fourth-order valence-corrected chi connectivity index (χ4v) is 1.22. The van der Waals surface area contributed by atoms with Crippen LogP contribution >= 0.6 is 11.6 Å². The average molecular weight is 201 g/mol. The smallest absolute Gasteiger partial charge is 0.258 e. The number of aromatic nitrogens is 1. The van der Waals surface area contributed by atoms with Crippen LogP contribution in [0.2, 0.25) is 5.15 Å². The molecule has 1 heterocycles. The molecule has 0 saturated heterocycles. The molecule has 0 amide bonds. The maximum Gasteiger partial charge on any atom is 0.291 e. The van der Waals surface area contributed by atoms with Crippen molar-refractivity contribution in [1.82, 2.24) is 4.98 Å². The Labute approximate surface area is 80.7 Å². The Morgan fingerprint density at radius 2 is 2.23 bits per heavy atom. The molecule has 0 saturated carbocycles. The summed E-state index contributed by atoms with van der Waals surface area (Å²) < 4.78 is 0. The lowest BCUT2D eigenvalue weighted by molar-refractivity contribution is -0.386. The highest BCUT2D eigenvalue weighted by Crippen LogP contribution is 2.26. The summed E-state index contributed by atoms with van der Waals surface area (Å²) in [7, 11) is 0. The van der Waals surface area contributed by atoms with Crippen LogP contribution in [-0.4, -0.2) is 9.91 Å². The van der Waals surface area contributed by atoms with Gasteiger partial charge in [0.2, 0.25) is 0 Å². The second-order valence-corrected chi connectivity index (χ2v) is 3.36. The highest BCUT2D eigenvalue weighted by molar-refractivity contribution is 6.29. The van der Waals surface area contributed by atoms with E-state index in [0.717, 1.165) is 0 Å². The molecule has 0 bridgehead atoms. The largest absolute Gasteiger partial charge is 0.291 e. The predicted molar refractivity (Wildman–Crippen MR) is 50.0 cm³/mol. The quantitative estimate of drug-likeness (QED) is 0.419. The van der Waals surface area contributed by atoms with Gasteiger partial charge in [0.05, 0.1) is 4.92 Å². The van der Waals surface area contributed by atoms with Gasteiger partial charge in [0.15, 0.2) is 0 Å². The molecule has 70 valence electrons. The van der Waals surface area contributed by atoms with Crippen LogP contribution in [-0.2, 0) is 0 Å². The van der Waals surface area contributed by atoms with Crippen molar-refractivity contribution >= 4 is 17.3 Å². The fraction of sp³-hybridized carbons (Fsp3) is 0.375. The van der Waals surface area contributed by atoms with Crippen LogP contribution in [0.1, 0.15) is 25.3 Å². The van der Waals surface area contributed by atoms with E-state index in [2.05, 4.69) is 4.98 Å². The minimum Gasteiger partial charge on any atom is -0.258 e. The van der Waals surface area contributed by atoms with Crippen LogP contribution in [0.4, 0.5) is 5.69 Å². The molecule has 0 spiro atoms. The number of hydrogen-bond donors (Lipinski definition) is 0. The molecule has 1 aromatic rings. The number of nitrogens with zero attached hydrogens (tertiary/aromatic N) is 2. The topological polar surface area (TPSA) is 56.0 Å². The normalized spacial score (nSPS) is 10.5. The van der Waals surface area contributed by atoms with Crippen LogP contribution in [0, 0.1) is 10.1 Å². The lowest BCUT2D eigenvalue weighted by Crippen LogP contribution is -1.98. The van der Waals surface area contributed by atoms with Gasteiger partial charge in [-0.1, -0.05) is 25.4 Å². The zero-order valence-corrected chi connectivity index (χ0v) is 8.08. The van der Waals surface area contributed by atoms with Gasteiger partial charge in [-0.3, -0.25) is 10.1 Å². The van der Waals surface area contributed by atoms with E-state index in [1.54, 1.807) is 0 Å². The van der Waals surface area contributed by atoms with Crippen LogP contribution in [0.15, 0.2) is 12.3 Å². The first kappa shape index (κ1) is 9.92. The molecule has 0 N–H and O–H groups in total. The molecule has 5 heteroatoms. The van der Waals surface area contributed by atoms with Crippen molar-refractivity contribution in [3.05, 3.63) is 33.1 Å². The lowest BCUT2D eigenvalue weighted by Gasteiger charge is -2.05. The van der Waals surface area contributed by atoms with E-state index < -0.39 is 4.92 Å². The summed E-state index contributed by atoms with van der Waals surface area (Å²) >= 11 is 5.63. The summed E-state index contributed by atoms with van der Waals surface area (Å²) in [6.07, 6.45) is 1.19. The van der Waals surface area contributed by atoms with Gasteiger partial charge in [-0.2, -0.15) is 0 Å². The third-order valence-electron chi connectivity index (χ3n) is 1.70. The van der Waals surface area contributed by atoms with E-state index in [0.29, 0.717) is 5.56 Å². The monoisotopic (exact) mass is 200 g/mol. The minimum absolute atomic E-state index is 0.0272. The van der Waals surface area contributed by atoms with Gasteiger partial charge in [0.1, 0.15) is 11.3 Å². The van der Waals surface area contributed by atoms with Gasteiger partial charge in [-0.05, 0) is 12.0 Å². The Morgan fingerprint density at radius 1 is 1.62 bits per heavy atom. The van der Waals surface area contributed by atoms with Crippen LogP contribution < -0.4 is 0 Å². The van der Waals surface area contributed by atoms with Crippen molar-refractivity contribution in [3.63, 3.8) is 0 Å². The number of nitro groups is 1. The second-order valence-electron chi connectivity index (χ2n) is 2.98. The van der Waals surface area contributed by atoms with Gasteiger partial charge in [-0.25, -0.2) is 4.98 Å². The SMILES string of the molecule is CC(C)c1cc(Cl)ncc1[N+](=O)[O-]. The summed E-state index contributed by atoms with van der Waals surface area (Å²) in [6.45, 7) is 3.75. The van der Waals surface area contributed by atoms with E-state index in [9.17, 15) is 10.1 Å². The molecule has 0 atom stereocenters. The van der Waals surface area contributed by atoms with E-state index in [-0.39, 0.29) is 16.8 Å². The number of hydrogen-bond acceptors (Lipinski definition) is 3. The second kappa shape index (κ2) is 3.70. The van der Waals surface area contributed by atoms with Crippen molar-refractivity contribution in [2.24, 2.45) is 0 Å². The van der Waals surface area contributed by atoms with Crippen molar-refractivity contribution < 1.29 is 4.92 Å². The zero-order valence-electron chi connectivity index (χ0n) is 7.32. The summed E-state index contributed by atoms with van der Waals surface area (Å²) in [5.74, 6) is 0.0703. The summed E-state index contributed by atoms with van der Waals surface area (Å²) in [4.78, 5) is 13.8. The Kier molecular flexibility index (Phi) is 2.83. The molecule has 1 aromatic heterocycles. The molecule has 0 aliphatic carbocycles. The Morgan fingerprint density at radius 3 is 2.69 bits per heavy atom. The number of pyridine rings is 1. The molecular formula is C8H9ClN2O2. The Hall–Kier alpha value is -1.16. The van der Waals surface area contributed by atoms with Crippen molar-refractivity contribution in [2.75, 3.05) is 0 Å². The van der Waals surface area contributed by atoms with E-state index in [1.165, 1.54) is 12.3 Å². The van der Waals surface area contributed by atoms with Gasteiger partial charge in [0.25, 0.3) is 5.69 Å². The number of rotatable bonds is 2. The van der Waals surface area contributed by atoms with Crippen molar-refractivity contribution in [3.8, 4) is 0 Å². The fourth-order valence-electron chi connectivity index (χ4n) is 1.05. The molecule has 0 radical (unpaired) electrons. The molecule has 0 fully saturated rings. The van der Waals surface area contributed by atoms with Gasteiger partial charge in [-0.15, -0.1) is 0 Å². The third-order valence-corrected chi connectivity index (χ3v) is 1.91.